The zero-order chi connectivity index (χ0) is 29.6. The molecule has 4 heterocycles. The van der Waals surface area contributed by atoms with Gasteiger partial charge in [-0.2, -0.15) is 5.10 Å². The number of hydrogen-bond acceptors (Lipinski definition) is 7. The van der Waals surface area contributed by atoms with Crippen LogP contribution in [-0.4, -0.2) is 48.2 Å². The Kier molecular flexibility index (Phi) is 7.44. The zero-order valence-corrected chi connectivity index (χ0v) is 24.8. The molecule has 216 valence electrons. The average molecular weight is 585 g/mol. The van der Waals surface area contributed by atoms with Gasteiger partial charge in [0.2, 0.25) is 0 Å². The summed E-state index contributed by atoms with van der Waals surface area (Å²) in [5.74, 6) is 0.522. The van der Waals surface area contributed by atoms with Crippen molar-refractivity contribution < 1.29 is 9.84 Å². The predicted molar refractivity (Wildman–Crippen MR) is 163 cm³/mol. The summed E-state index contributed by atoms with van der Waals surface area (Å²) in [6.07, 6.45) is 5.00. The molecule has 42 heavy (non-hydrogen) atoms. The van der Waals surface area contributed by atoms with E-state index in [9.17, 15) is 9.90 Å². The van der Waals surface area contributed by atoms with Crippen molar-refractivity contribution >= 4 is 22.5 Å². The third-order valence-corrected chi connectivity index (χ3v) is 7.68. The van der Waals surface area contributed by atoms with Crippen molar-refractivity contribution in [1.29, 1.82) is 0 Å². The summed E-state index contributed by atoms with van der Waals surface area (Å²) < 4.78 is 9.75. The minimum absolute atomic E-state index is 0.0224. The molecule has 3 aromatic heterocycles. The largest absolute Gasteiger partial charge is 0.389 e. The zero-order valence-electron chi connectivity index (χ0n) is 24.0. The van der Waals surface area contributed by atoms with Crippen molar-refractivity contribution in [2.75, 3.05) is 13.2 Å². The molecule has 0 bridgehead atoms. The predicted octanol–water partition coefficient (Wildman–Crippen LogP) is 4.99. The second kappa shape index (κ2) is 11.1. The van der Waals surface area contributed by atoms with E-state index in [1.165, 1.54) is 0 Å². The van der Waals surface area contributed by atoms with E-state index < -0.39 is 11.7 Å². The highest BCUT2D eigenvalue weighted by atomic mass is 35.5. The lowest BCUT2D eigenvalue weighted by Crippen LogP contribution is -2.37. The van der Waals surface area contributed by atoms with Gasteiger partial charge in [-0.05, 0) is 67.8 Å². The van der Waals surface area contributed by atoms with E-state index in [-0.39, 0.29) is 11.6 Å². The van der Waals surface area contributed by atoms with Crippen LogP contribution in [0.4, 0.5) is 0 Å². The van der Waals surface area contributed by atoms with Crippen LogP contribution < -0.4 is 10.9 Å². The van der Waals surface area contributed by atoms with Crippen LogP contribution in [0, 0.1) is 6.92 Å². The molecule has 0 radical (unpaired) electrons. The number of aromatic nitrogens is 5. The monoisotopic (exact) mass is 584 g/mol. The van der Waals surface area contributed by atoms with Crippen molar-refractivity contribution in [3.05, 3.63) is 99.3 Å². The summed E-state index contributed by atoms with van der Waals surface area (Å²) in [6.45, 7) is 6.87. The summed E-state index contributed by atoms with van der Waals surface area (Å²) in [5.41, 5.74) is 4.91. The summed E-state index contributed by atoms with van der Waals surface area (Å²) in [6, 6.07) is 15.6. The number of hydrogen-bond donors (Lipinski definition) is 2. The smallest absolute Gasteiger partial charge is 0.253 e. The van der Waals surface area contributed by atoms with Crippen LogP contribution in [0.15, 0.2) is 71.9 Å². The highest BCUT2D eigenvalue weighted by Crippen LogP contribution is 2.39. The fourth-order valence-corrected chi connectivity index (χ4v) is 5.60. The first kappa shape index (κ1) is 28.2. The van der Waals surface area contributed by atoms with Crippen LogP contribution in [0.25, 0.3) is 33.4 Å². The van der Waals surface area contributed by atoms with Gasteiger partial charge in [0.25, 0.3) is 5.56 Å². The first-order valence-electron chi connectivity index (χ1n) is 13.9. The Labute approximate surface area is 248 Å². The third kappa shape index (κ3) is 5.73. The molecule has 1 saturated heterocycles. The molecule has 6 rings (SSSR count). The van der Waals surface area contributed by atoms with Crippen molar-refractivity contribution in [1.82, 2.24) is 29.6 Å². The molecular formula is C32H33ClN6O3. The van der Waals surface area contributed by atoms with Gasteiger partial charge in [0.05, 0.1) is 47.8 Å². The molecule has 1 fully saturated rings. The van der Waals surface area contributed by atoms with E-state index in [1.54, 1.807) is 36.3 Å². The minimum Gasteiger partial charge on any atom is -0.389 e. The van der Waals surface area contributed by atoms with E-state index in [0.717, 1.165) is 38.9 Å². The summed E-state index contributed by atoms with van der Waals surface area (Å²) in [7, 11) is 1.76. The van der Waals surface area contributed by atoms with E-state index in [0.29, 0.717) is 36.1 Å². The minimum atomic E-state index is -0.915. The molecule has 0 spiro atoms. The number of nitrogens with one attached hydrogen (secondary N) is 1. The molecular weight excluding hydrogens is 552 g/mol. The molecule has 1 unspecified atom stereocenters. The molecule has 0 saturated carbocycles. The molecule has 9 nitrogen and oxygen atoms in total. The molecule has 0 amide bonds. The summed E-state index contributed by atoms with van der Waals surface area (Å²) >= 11 is 6.20. The highest BCUT2D eigenvalue weighted by molar-refractivity contribution is 6.30. The first-order chi connectivity index (χ1) is 20.1. The van der Waals surface area contributed by atoms with Crippen molar-refractivity contribution in [3.8, 4) is 22.5 Å². The standard InChI is InChI=1S/C32H33ClN6O3/c1-19-13-22(16-38(4)31(19)40)21-7-10-26-25(14-21)28(29-27(34-11-12-42-29)20-5-8-24(33)9-6-20)37-30(36-26)23-15-35-39(17-23)18-32(2,3)41/h5-10,13-17,27,29,34,41H,11-12,18H2,1-4H3/t27?,29-/m0/s1. The Hall–Kier alpha value is -3.89. The van der Waals surface area contributed by atoms with Gasteiger partial charge >= 0.3 is 0 Å². The topological polar surface area (TPSA) is 107 Å². The maximum Gasteiger partial charge on any atom is 0.253 e. The second-order valence-corrected chi connectivity index (χ2v) is 11.9. The van der Waals surface area contributed by atoms with E-state index >= 15 is 0 Å². The second-order valence-electron chi connectivity index (χ2n) is 11.5. The molecule has 2 N–H and O–H groups in total. The third-order valence-electron chi connectivity index (χ3n) is 7.43. The van der Waals surface area contributed by atoms with Crippen LogP contribution in [-0.2, 0) is 18.3 Å². The lowest BCUT2D eigenvalue weighted by Gasteiger charge is -2.33. The van der Waals surface area contributed by atoms with Crippen LogP contribution >= 0.6 is 11.6 Å². The van der Waals surface area contributed by atoms with Gasteiger partial charge in [-0.1, -0.05) is 29.8 Å². The number of halogens is 1. The van der Waals surface area contributed by atoms with Gasteiger partial charge in [-0.15, -0.1) is 0 Å². The number of pyridine rings is 1. The van der Waals surface area contributed by atoms with Gasteiger partial charge in [-0.25, -0.2) is 9.97 Å². The lowest BCUT2D eigenvalue weighted by atomic mass is 9.94. The van der Waals surface area contributed by atoms with Crippen molar-refractivity contribution in [2.45, 2.75) is 45.1 Å². The van der Waals surface area contributed by atoms with Gasteiger partial charge in [-0.3, -0.25) is 9.48 Å². The lowest BCUT2D eigenvalue weighted by molar-refractivity contribution is -0.00792. The Balaban J connectivity index is 1.52. The molecule has 2 atom stereocenters. The van der Waals surface area contributed by atoms with E-state index in [4.69, 9.17) is 26.3 Å². The van der Waals surface area contributed by atoms with E-state index in [2.05, 4.69) is 16.5 Å². The molecule has 5 aromatic rings. The SMILES string of the molecule is Cc1cc(-c2ccc3nc(-c4cnn(CC(C)(C)O)c4)nc([C@H]4OCCNC4c4ccc(Cl)cc4)c3c2)cn(C)c1=O. The Morgan fingerprint density at radius 1 is 1.07 bits per heavy atom. The van der Waals surface area contributed by atoms with Crippen LogP contribution in [0.2, 0.25) is 5.02 Å². The van der Waals surface area contributed by atoms with E-state index in [1.807, 2.05) is 61.8 Å². The Morgan fingerprint density at radius 3 is 2.60 bits per heavy atom. The molecule has 10 heteroatoms. The Morgan fingerprint density at radius 2 is 1.86 bits per heavy atom. The van der Waals surface area contributed by atoms with Gasteiger partial charge in [0, 0.05) is 42.0 Å². The first-order valence-corrected chi connectivity index (χ1v) is 14.3. The molecule has 1 aliphatic rings. The van der Waals surface area contributed by atoms with Gasteiger partial charge in [0.15, 0.2) is 5.82 Å². The Bertz CT molecular complexity index is 1800. The fraction of sp³-hybridized carbons (Fsp3) is 0.312. The summed E-state index contributed by atoms with van der Waals surface area (Å²) in [4.78, 5) is 22.4. The molecule has 2 aromatic carbocycles. The van der Waals surface area contributed by atoms with Gasteiger partial charge in [0.1, 0.15) is 6.10 Å². The number of benzene rings is 2. The summed E-state index contributed by atoms with van der Waals surface area (Å²) in [5, 5.41) is 19.9. The number of morpholine rings is 1. The maximum absolute atomic E-state index is 12.4. The molecule has 0 aliphatic carbocycles. The van der Waals surface area contributed by atoms with Crippen molar-refractivity contribution in [3.63, 3.8) is 0 Å². The van der Waals surface area contributed by atoms with Crippen molar-refractivity contribution in [2.24, 2.45) is 7.05 Å². The van der Waals surface area contributed by atoms with Crippen LogP contribution in [0.1, 0.15) is 42.8 Å². The van der Waals surface area contributed by atoms with Crippen LogP contribution in [0.3, 0.4) is 0 Å². The number of aryl methyl sites for hydroxylation is 2. The quantitative estimate of drug-likeness (QED) is 0.289. The number of fused-ring (bicyclic) bond motifs is 1. The normalized spacial score (nSPS) is 17.6. The number of nitrogens with zero attached hydrogens (tertiary/aromatic N) is 5. The number of ether oxygens (including phenoxy) is 1. The highest BCUT2D eigenvalue weighted by Gasteiger charge is 2.32. The molecule has 1 aliphatic heterocycles. The number of rotatable bonds is 6. The fourth-order valence-electron chi connectivity index (χ4n) is 5.48. The maximum atomic E-state index is 12.4. The average Bonchev–Trinajstić information content (AvgIpc) is 3.42. The number of aliphatic hydroxyl groups is 1. The van der Waals surface area contributed by atoms with Crippen LogP contribution in [0.5, 0.6) is 0 Å². The van der Waals surface area contributed by atoms with Gasteiger partial charge < -0.3 is 19.7 Å².